The number of halogens is 5. The predicted octanol–water partition coefficient (Wildman–Crippen LogP) is 3.89. The van der Waals surface area contributed by atoms with Crippen LogP contribution >= 0.6 is 0 Å². The highest BCUT2D eigenvalue weighted by Crippen LogP contribution is 2.42. The molecule has 0 saturated heterocycles. The van der Waals surface area contributed by atoms with Crippen LogP contribution in [0, 0.1) is 5.82 Å². The van der Waals surface area contributed by atoms with Crippen molar-refractivity contribution in [1.82, 2.24) is 10.6 Å². The molecule has 36 heavy (non-hydrogen) atoms. The van der Waals surface area contributed by atoms with Gasteiger partial charge < -0.3 is 14.8 Å². The Balaban J connectivity index is 2.03. The fraction of sp³-hybridized carbons (Fsp3) is 0.375. The molecule has 3 rings (SSSR count). The van der Waals surface area contributed by atoms with Gasteiger partial charge in [0.05, 0.1) is 6.61 Å². The number of hydrogen-bond acceptors (Lipinski definition) is 5. The van der Waals surface area contributed by atoms with Crippen LogP contribution in [0.2, 0.25) is 0 Å². The van der Waals surface area contributed by atoms with E-state index in [4.69, 9.17) is 9.47 Å². The molecule has 1 unspecified atom stereocenters. The minimum Gasteiger partial charge on any atom is -0.452 e. The van der Waals surface area contributed by atoms with E-state index in [1.165, 1.54) is 31.4 Å². The van der Waals surface area contributed by atoms with Gasteiger partial charge in [0.25, 0.3) is 17.8 Å². The summed E-state index contributed by atoms with van der Waals surface area (Å²) in [7, 11) is 1.43. The molecule has 0 saturated carbocycles. The molecule has 194 valence electrons. The van der Waals surface area contributed by atoms with Crippen LogP contribution in [0.25, 0.3) is 0 Å². The Kier molecular flexibility index (Phi) is 8.28. The van der Waals surface area contributed by atoms with Gasteiger partial charge in [0.1, 0.15) is 18.0 Å². The van der Waals surface area contributed by atoms with Crippen molar-refractivity contribution in [2.24, 2.45) is 4.99 Å². The van der Waals surface area contributed by atoms with Crippen molar-refractivity contribution in [2.75, 3.05) is 20.4 Å². The third kappa shape index (κ3) is 6.17. The Labute approximate surface area is 203 Å². The minimum atomic E-state index is -4.99. The summed E-state index contributed by atoms with van der Waals surface area (Å²) in [4.78, 5) is 28.9. The molecule has 3 atom stereocenters. The molecule has 0 bridgehead atoms. The molecule has 0 spiro atoms. The second-order valence-electron chi connectivity index (χ2n) is 8.28. The summed E-state index contributed by atoms with van der Waals surface area (Å²) in [5.41, 5.74) is -3.04. The van der Waals surface area contributed by atoms with Crippen LogP contribution in [-0.4, -0.2) is 56.5 Å². The number of alkyl halides is 4. The monoisotopic (exact) mass is 513 g/mol. The summed E-state index contributed by atoms with van der Waals surface area (Å²) in [6, 6.07) is 9.04. The Bertz CT molecular complexity index is 1130. The fourth-order valence-corrected chi connectivity index (χ4v) is 3.70. The van der Waals surface area contributed by atoms with Crippen molar-refractivity contribution >= 4 is 17.8 Å². The highest BCUT2D eigenvalue weighted by molar-refractivity contribution is 6.04. The maximum absolute atomic E-state index is 14.9. The summed E-state index contributed by atoms with van der Waals surface area (Å²) in [5, 5.41) is 4.69. The molecule has 2 N–H and O–H groups in total. The first kappa shape index (κ1) is 27.1. The van der Waals surface area contributed by atoms with Crippen molar-refractivity contribution < 1.29 is 41.0 Å². The molecule has 1 heterocycles. The number of benzene rings is 2. The topological polar surface area (TPSA) is 89.0 Å². The van der Waals surface area contributed by atoms with Gasteiger partial charge in [-0.05, 0) is 37.3 Å². The number of carbonyl (C=O) groups is 2. The summed E-state index contributed by atoms with van der Waals surface area (Å²) in [6.45, 7) is 0.260. The molecule has 0 fully saturated rings. The van der Waals surface area contributed by atoms with Gasteiger partial charge in [-0.25, -0.2) is 13.8 Å². The van der Waals surface area contributed by atoms with E-state index in [1.54, 1.807) is 13.0 Å². The average molecular weight is 513 g/mol. The van der Waals surface area contributed by atoms with Crippen molar-refractivity contribution in [3.8, 4) is 0 Å². The standard InChI is InChI=1S/C24H24F5N3O4/c1-14(12-35-2)30-21(34)16-8-9-18(26)17(10-16)23(13-25)11-19(24(27,28)29)36-22(32-23)31-20(33)15-6-4-3-5-7-15/h3-10,14,19H,11-13H2,1-2H3,(H,30,34)(H,31,32,33)/t14?,19-,23+/m0/s1. The molecule has 0 aromatic heterocycles. The molecule has 12 heteroatoms. The fourth-order valence-electron chi connectivity index (χ4n) is 3.70. The van der Waals surface area contributed by atoms with Gasteiger partial charge in [0.2, 0.25) is 0 Å². The molecular weight excluding hydrogens is 489 g/mol. The molecule has 1 aliphatic rings. The summed E-state index contributed by atoms with van der Waals surface area (Å²) in [6.07, 6.45) is -8.70. The number of ether oxygens (including phenoxy) is 2. The Morgan fingerprint density at radius 3 is 2.47 bits per heavy atom. The second-order valence-corrected chi connectivity index (χ2v) is 8.28. The first-order valence-electron chi connectivity index (χ1n) is 10.8. The van der Waals surface area contributed by atoms with Crippen LogP contribution < -0.4 is 10.6 Å². The Morgan fingerprint density at radius 2 is 1.86 bits per heavy atom. The number of hydrogen-bond donors (Lipinski definition) is 2. The maximum atomic E-state index is 14.9. The largest absolute Gasteiger partial charge is 0.452 e. The summed E-state index contributed by atoms with van der Waals surface area (Å²) in [5.74, 6) is -2.60. The smallest absolute Gasteiger partial charge is 0.425 e. The second kappa shape index (κ2) is 11.0. The van der Waals surface area contributed by atoms with Crippen LogP contribution in [-0.2, 0) is 15.0 Å². The first-order chi connectivity index (χ1) is 17.0. The van der Waals surface area contributed by atoms with Crippen LogP contribution in [0.4, 0.5) is 22.0 Å². The number of amidine groups is 1. The van der Waals surface area contributed by atoms with E-state index in [0.29, 0.717) is 0 Å². The van der Waals surface area contributed by atoms with Crippen molar-refractivity contribution in [2.45, 2.75) is 37.2 Å². The predicted molar refractivity (Wildman–Crippen MR) is 120 cm³/mol. The number of carbonyl (C=O) groups excluding carboxylic acids is 2. The van der Waals surface area contributed by atoms with Gasteiger partial charge in [-0.3, -0.25) is 14.9 Å². The Morgan fingerprint density at radius 1 is 1.17 bits per heavy atom. The molecule has 0 aliphatic carbocycles. The third-order valence-electron chi connectivity index (χ3n) is 5.46. The Hall–Kier alpha value is -3.54. The number of aliphatic imine (C=N–C) groups is 1. The molecule has 1 aliphatic heterocycles. The van der Waals surface area contributed by atoms with Crippen LogP contribution in [0.5, 0.6) is 0 Å². The molecule has 7 nitrogen and oxygen atoms in total. The number of methoxy groups -OCH3 is 1. The van der Waals surface area contributed by atoms with E-state index in [0.717, 1.165) is 18.2 Å². The third-order valence-corrected chi connectivity index (χ3v) is 5.46. The zero-order valence-corrected chi connectivity index (χ0v) is 19.4. The first-order valence-corrected chi connectivity index (χ1v) is 10.8. The van der Waals surface area contributed by atoms with E-state index in [9.17, 15) is 31.5 Å². The highest BCUT2D eigenvalue weighted by atomic mass is 19.4. The molecular formula is C24H24F5N3O4. The van der Waals surface area contributed by atoms with Crippen LogP contribution in [0.1, 0.15) is 39.6 Å². The van der Waals surface area contributed by atoms with Crippen molar-refractivity contribution in [1.29, 1.82) is 0 Å². The lowest BCUT2D eigenvalue weighted by molar-refractivity contribution is -0.209. The van der Waals surface area contributed by atoms with E-state index >= 15 is 0 Å². The van der Waals surface area contributed by atoms with Gasteiger partial charge >= 0.3 is 6.18 Å². The van der Waals surface area contributed by atoms with Gasteiger partial charge in [0.15, 0.2) is 6.10 Å². The van der Waals surface area contributed by atoms with Gasteiger partial charge in [-0.2, -0.15) is 13.2 Å². The van der Waals surface area contributed by atoms with E-state index in [-0.39, 0.29) is 17.7 Å². The number of nitrogens with zero attached hydrogens (tertiary/aromatic N) is 1. The van der Waals surface area contributed by atoms with E-state index < -0.39 is 66.2 Å². The average Bonchev–Trinajstić information content (AvgIpc) is 2.84. The van der Waals surface area contributed by atoms with Gasteiger partial charge in [0, 0.05) is 36.3 Å². The molecule has 2 aromatic carbocycles. The number of nitrogens with one attached hydrogen (secondary N) is 2. The lowest BCUT2D eigenvalue weighted by Gasteiger charge is -2.37. The van der Waals surface area contributed by atoms with Gasteiger partial charge in [-0.15, -0.1) is 0 Å². The van der Waals surface area contributed by atoms with E-state index in [1.807, 2.05) is 0 Å². The molecule has 2 amide bonds. The van der Waals surface area contributed by atoms with Crippen molar-refractivity contribution in [3.63, 3.8) is 0 Å². The summed E-state index contributed by atoms with van der Waals surface area (Å²) < 4.78 is 80.3. The van der Waals surface area contributed by atoms with Gasteiger partial charge in [-0.1, -0.05) is 18.2 Å². The quantitative estimate of drug-likeness (QED) is 0.550. The normalized spacial score (nSPS) is 20.6. The van der Waals surface area contributed by atoms with Crippen molar-refractivity contribution in [3.05, 3.63) is 71.0 Å². The zero-order valence-electron chi connectivity index (χ0n) is 19.4. The van der Waals surface area contributed by atoms with Crippen LogP contribution in [0.15, 0.2) is 53.5 Å². The lowest BCUT2D eigenvalue weighted by atomic mass is 9.84. The summed E-state index contributed by atoms with van der Waals surface area (Å²) >= 11 is 0. The number of rotatable bonds is 7. The lowest BCUT2D eigenvalue weighted by Crippen LogP contribution is -2.50. The molecule has 2 aromatic rings. The minimum absolute atomic E-state index is 0.0822. The van der Waals surface area contributed by atoms with E-state index in [2.05, 4.69) is 15.6 Å². The maximum Gasteiger partial charge on any atom is 0.425 e. The highest BCUT2D eigenvalue weighted by Gasteiger charge is 2.52. The molecule has 0 radical (unpaired) electrons. The zero-order chi connectivity index (χ0) is 26.5. The van der Waals surface area contributed by atoms with Crippen LogP contribution in [0.3, 0.4) is 0 Å². The number of amides is 2. The SMILES string of the molecule is COCC(C)NC(=O)c1ccc(F)c([C@]2(CF)C[C@@H](C(F)(F)F)OC(NC(=O)c3ccccc3)=N2)c1.